The van der Waals surface area contributed by atoms with Crippen molar-refractivity contribution < 1.29 is 19.2 Å². The Hall–Kier alpha value is -1.89. The highest BCUT2D eigenvalue weighted by Crippen LogP contribution is 2.17. The highest BCUT2D eigenvalue weighted by Gasteiger charge is 2.28. The van der Waals surface area contributed by atoms with Crippen molar-refractivity contribution in [2.24, 2.45) is 0 Å². The minimum absolute atomic E-state index is 0.187. The molecule has 1 aliphatic heterocycles. The van der Waals surface area contributed by atoms with Crippen molar-refractivity contribution in [3.05, 3.63) is 11.8 Å². The number of nitrogens with one attached hydrogen (secondary N) is 1. The number of likely N-dealkylation sites (tertiary alicyclic amines) is 1. The molecule has 0 saturated carbocycles. The van der Waals surface area contributed by atoms with Crippen molar-refractivity contribution >= 4 is 17.7 Å². The molecule has 1 aromatic rings. The van der Waals surface area contributed by atoms with Gasteiger partial charge in [0.05, 0.1) is 0 Å². The lowest BCUT2D eigenvalue weighted by Crippen LogP contribution is -2.45. The average Bonchev–Trinajstić information content (AvgIpc) is 2.82. The molecule has 2 N–H and O–H groups in total. The van der Waals surface area contributed by atoms with Crippen molar-refractivity contribution in [2.75, 3.05) is 18.4 Å². The van der Waals surface area contributed by atoms with Crippen LogP contribution in [0.15, 0.2) is 10.6 Å². The summed E-state index contributed by atoms with van der Waals surface area (Å²) < 4.78 is 4.86. The standard InChI is InChI=1S/C13H19N3O4/c1-9-8-11(15-20-9)14-12(17)5-7-16-6-3-2-4-10(16)13(18)19/h8,10H,2-7H2,1H3,(H,18,19)(H,14,15,17). The molecule has 0 spiro atoms. The Morgan fingerprint density at radius 1 is 1.55 bits per heavy atom. The minimum Gasteiger partial charge on any atom is -0.480 e. The van der Waals surface area contributed by atoms with Crippen LogP contribution in [0, 0.1) is 6.92 Å². The molecule has 7 nitrogen and oxygen atoms in total. The number of carboxylic acid groups (broad SMARTS) is 1. The van der Waals surface area contributed by atoms with Crippen LogP contribution in [0.2, 0.25) is 0 Å². The first-order valence-electron chi connectivity index (χ1n) is 6.76. The quantitative estimate of drug-likeness (QED) is 0.843. The summed E-state index contributed by atoms with van der Waals surface area (Å²) in [5.74, 6) is 0.0217. The third kappa shape index (κ3) is 3.80. The normalized spacial score (nSPS) is 19.8. The molecular weight excluding hydrogens is 262 g/mol. The fraction of sp³-hybridized carbons (Fsp3) is 0.615. The molecule has 1 atom stereocenters. The maximum Gasteiger partial charge on any atom is 0.320 e. The van der Waals surface area contributed by atoms with E-state index in [1.165, 1.54) is 0 Å². The zero-order valence-electron chi connectivity index (χ0n) is 11.5. The fourth-order valence-corrected chi connectivity index (χ4v) is 2.41. The molecule has 1 unspecified atom stereocenters. The molecule has 1 aromatic heterocycles. The molecule has 7 heteroatoms. The Labute approximate surface area is 116 Å². The van der Waals surface area contributed by atoms with Crippen LogP contribution >= 0.6 is 0 Å². The smallest absolute Gasteiger partial charge is 0.320 e. The van der Waals surface area contributed by atoms with Crippen molar-refractivity contribution in [2.45, 2.75) is 38.6 Å². The predicted octanol–water partition coefficient (Wildman–Crippen LogP) is 1.25. The van der Waals surface area contributed by atoms with Gasteiger partial charge in [0, 0.05) is 19.0 Å². The summed E-state index contributed by atoms with van der Waals surface area (Å²) in [5.41, 5.74) is 0. The van der Waals surface area contributed by atoms with Crippen LogP contribution in [0.25, 0.3) is 0 Å². The highest BCUT2D eigenvalue weighted by atomic mass is 16.5. The number of amides is 1. The first kappa shape index (κ1) is 14.5. The Bertz CT molecular complexity index is 486. The topological polar surface area (TPSA) is 95.7 Å². The molecule has 1 saturated heterocycles. The second-order valence-electron chi connectivity index (χ2n) is 5.01. The van der Waals surface area contributed by atoms with Crippen molar-refractivity contribution in [1.29, 1.82) is 0 Å². The Morgan fingerprint density at radius 3 is 3.00 bits per heavy atom. The molecule has 1 amide bonds. The highest BCUT2D eigenvalue weighted by molar-refractivity contribution is 5.89. The van der Waals surface area contributed by atoms with Crippen LogP contribution in [0.1, 0.15) is 31.4 Å². The molecule has 1 aliphatic rings. The summed E-state index contributed by atoms with van der Waals surface area (Å²) in [4.78, 5) is 24.8. The SMILES string of the molecule is Cc1cc(NC(=O)CCN2CCCCC2C(=O)O)no1. The van der Waals surface area contributed by atoms with Gasteiger partial charge in [0.25, 0.3) is 0 Å². The average molecular weight is 281 g/mol. The van der Waals surface area contributed by atoms with Gasteiger partial charge in [0.15, 0.2) is 5.82 Å². The van der Waals surface area contributed by atoms with Gasteiger partial charge in [-0.2, -0.15) is 0 Å². The van der Waals surface area contributed by atoms with Crippen LogP contribution in [0.3, 0.4) is 0 Å². The number of nitrogens with zero attached hydrogens (tertiary/aromatic N) is 2. The summed E-state index contributed by atoms with van der Waals surface area (Å²) >= 11 is 0. The lowest BCUT2D eigenvalue weighted by atomic mass is 10.0. The van der Waals surface area contributed by atoms with Crippen molar-refractivity contribution in [3.63, 3.8) is 0 Å². The molecule has 0 aliphatic carbocycles. The van der Waals surface area contributed by atoms with E-state index < -0.39 is 12.0 Å². The van der Waals surface area contributed by atoms with E-state index in [-0.39, 0.29) is 12.3 Å². The third-order valence-corrected chi connectivity index (χ3v) is 3.42. The Balaban J connectivity index is 1.81. The Kier molecular flexibility index (Phi) is 4.73. The molecule has 110 valence electrons. The number of aliphatic carboxylic acids is 1. The zero-order chi connectivity index (χ0) is 14.5. The van der Waals surface area contributed by atoms with Gasteiger partial charge in [0.2, 0.25) is 5.91 Å². The number of carbonyl (C=O) groups is 2. The molecular formula is C13H19N3O4. The number of hydrogen-bond donors (Lipinski definition) is 2. The molecule has 0 aromatic carbocycles. The number of aryl methyl sites for hydroxylation is 1. The molecule has 2 heterocycles. The maximum absolute atomic E-state index is 11.8. The van der Waals surface area contributed by atoms with E-state index in [9.17, 15) is 9.59 Å². The number of piperidine rings is 1. The summed E-state index contributed by atoms with van der Waals surface area (Å²) in [7, 11) is 0. The number of anilines is 1. The lowest BCUT2D eigenvalue weighted by Gasteiger charge is -2.32. The summed E-state index contributed by atoms with van der Waals surface area (Å²) in [6.45, 7) is 2.92. The number of carboxylic acids is 1. The number of aromatic nitrogens is 1. The van der Waals surface area contributed by atoms with Crippen LogP contribution in [-0.2, 0) is 9.59 Å². The van der Waals surface area contributed by atoms with Crippen molar-refractivity contribution in [1.82, 2.24) is 10.1 Å². The zero-order valence-corrected chi connectivity index (χ0v) is 11.5. The van der Waals surface area contributed by atoms with E-state index >= 15 is 0 Å². The number of rotatable bonds is 5. The van der Waals surface area contributed by atoms with E-state index in [1.807, 2.05) is 4.90 Å². The number of hydrogen-bond acceptors (Lipinski definition) is 5. The molecule has 1 fully saturated rings. The van der Waals surface area contributed by atoms with Gasteiger partial charge in [-0.15, -0.1) is 0 Å². The van der Waals surface area contributed by atoms with Gasteiger partial charge in [-0.25, -0.2) is 0 Å². The summed E-state index contributed by atoms with van der Waals surface area (Å²) in [6, 6.07) is 1.17. The van der Waals surface area contributed by atoms with Crippen LogP contribution in [0.4, 0.5) is 5.82 Å². The van der Waals surface area contributed by atoms with E-state index in [1.54, 1.807) is 13.0 Å². The third-order valence-electron chi connectivity index (χ3n) is 3.42. The van der Waals surface area contributed by atoms with Crippen LogP contribution < -0.4 is 5.32 Å². The van der Waals surface area contributed by atoms with Gasteiger partial charge < -0.3 is 14.9 Å². The molecule has 0 radical (unpaired) electrons. The van der Waals surface area contributed by atoms with Gasteiger partial charge in [-0.05, 0) is 26.3 Å². The summed E-state index contributed by atoms with van der Waals surface area (Å²) in [6.07, 6.45) is 2.81. The number of carbonyl (C=O) groups excluding carboxylic acids is 1. The van der Waals surface area contributed by atoms with Gasteiger partial charge in [0.1, 0.15) is 11.8 Å². The maximum atomic E-state index is 11.8. The second kappa shape index (κ2) is 6.51. The van der Waals surface area contributed by atoms with E-state index in [0.717, 1.165) is 19.4 Å². The largest absolute Gasteiger partial charge is 0.480 e. The molecule has 2 rings (SSSR count). The van der Waals surface area contributed by atoms with Crippen LogP contribution in [-0.4, -0.2) is 46.2 Å². The van der Waals surface area contributed by atoms with Gasteiger partial charge in [-0.3, -0.25) is 14.5 Å². The van der Waals surface area contributed by atoms with E-state index in [2.05, 4.69) is 10.5 Å². The van der Waals surface area contributed by atoms with E-state index in [4.69, 9.17) is 9.63 Å². The van der Waals surface area contributed by atoms with Crippen LogP contribution in [0.5, 0.6) is 0 Å². The monoisotopic (exact) mass is 281 g/mol. The fourth-order valence-electron chi connectivity index (χ4n) is 2.41. The molecule has 20 heavy (non-hydrogen) atoms. The lowest BCUT2D eigenvalue weighted by molar-refractivity contribution is -0.144. The van der Waals surface area contributed by atoms with Gasteiger partial charge in [-0.1, -0.05) is 11.6 Å². The van der Waals surface area contributed by atoms with Gasteiger partial charge >= 0.3 is 5.97 Å². The molecule has 0 bridgehead atoms. The first-order chi connectivity index (χ1) is 9.56. The Morgan fingerprint density at radius 2 is 2.35 bits per heavy atom. The second-order valence-corrected chi connectivity index (χ2v) is 5.01. The first-order valence-corrected chi connectivity index (χ1v) is 6.76. The van der Waals surface area contributed by atoms with E-state index in [0.29, 0.717) is 24.5 Å². The predicted molar refractivity (Wildman–Crippen MR) is 71.3 cm³/mol. The van der Waals surface area contributed by atoms with Crippen molar-refractivity contribution in [3.8, 4) is 0 Å². The minimum atomic E-state index is -0.808. The summed E-state index contributed by atoms with van der Waals surface area (Å²) in [5, 5.41) is 15.5.